The lowest BCUT2D eigenvalue weighted by Crippen LogP contribution is -2.18. The normalized spacial score (nSPS) is 12.5. The topological polar surface area (TPSA) is 29.1 Å². The maximum Gasteiger partial charge on any atom is 0.141 e. The number of likely N-dealkylation sites (N-methyl/N-ethyl adjacent to an activating group) is 1. The van der Waals surface area contributed by atoms with Gasteiger partial charge >= 0.3 is 0 Å². The summed E-state index contributed by atoms with van der Waals surface area (Å²) < 4.78 is 25.7. The maximum atomic E-state index is 13.0. The molecule has 4 heteroatoms. The van der Waals surface area contributed by atoms with Crippen molar-refractivity contribution in [3.05, 3.63) is 35.4 Å². The van der Waals surface area contributed by atoms with Crippen molar-refractivity contribution in [2.24, 2.45) is 0 Å². The number of benzene rings is 1. The number of carbonyl (C=O) groups excluding carboxylic acids is 1. The van der Waals surface area contributed by atoms with Gasteiger partial charge in [-0.3, -0.25) is 0 Å². The molecule has 70 valence electrons. The van der Waals surface area contributed by atoms with E-state index in [9.17, 15) is 13.6 Å². The second-order valence-electron chi connectivity index (χ2n) is 2.57. The van der Waals surface area contributed by atoms with E-state index in [0.29, 0.717) is 6.29 Å². The molecule has 0 saturated carbocycles. The molecule has 13 heavy (non-hydrogen) atoms. The summed E-state index contributed by atoms with van der Waals surface area (Å²) in [7, 11) is 1.50. The van der Waals surface area contributed by atoms with E-state index in [1.807, 2.05) is 0 Å². The fourth-order valence-electron chi connectivity index (χ4n) is 1.05. The maximum absolute atomic E-state index is 13.0. The molecule has 1 N–H and O–H groups in total. The summed E-state index contributed by atoms with van der Waals surface area (Å²) >= 11 is 0. The number of hydrogen-bond donors (Lipinski definition) is 1. The quantitative estimate of drug-likeness (QED) is 0.721. The van der Waals surface area contributed by atoms with E-state index in [-0.39, 0.29) is 5.56 Å². The molecule has 0 aliphatic rings. The molecule has 0 aliphatic carbocycles. The van der Waals surface area contributed by atoms with E-state index in [1.54, 1.807) is 0 Å². The van der Waals surface area contributed by atoms with Crippen molar-refractivity contribution in [2.75, 3.05) is 7.05 Å². The van der Waals surface area contributed by atoms with Gasteiger partial charge in [0.1, 0.15) is 17.9 Å². The van der Waals surface area contributed by atoms with Gasteiger partial charge in [0.15, 0.2) is 0 Å². The zero-order valence-electron chi connectivity index (χ0n) is 7.05. The number of carbonyl (C=O) groups is 1. The van der Waals surface area contributed by atoms with Gasteiger partial charge in [-0.05, 0) is 25.2 Å². The highest BCUT2D eigenvalue weighted by atomic mass is 19.1. The van der Waals surface area contributed by atoms with E-state index in [4.69, 9.17) is 0 Å². The van der Waals surface area contributed by atoms with Crippen LogP contribution in [0.5, 0.6) is 0 Å². The van der Waals surface area contributed by atoms with Gasteiger partial charge in [-0.15, -0.1) is 0 Å². The van der Waals surface area contributed by atoms with Gasteiger partial charge in [-0.2, -0.15) is 0 Å². The molecule has 1 aromatic carbocycles. The van der Waals surface area contributed by atoms with Crippen LogP contribution in [0.1, 0.15) is 11.6 Å². The van der Waals surface area contributed by atoms with Gasteiger partial charge in [0.2, 0.25) is 0 Å². The van der Waals surface area contributed by atoms with Gasteiger partial charge in [-0.1, -0.05) is 0 Å². The first-order valence-electron chi connectivity index (χ1n) is 3.76. The van der Waals surface area contributed by atoms with Crippen LogP contribution in [0.15, 0.2) is 18.2 Å². The van der Waals surface area contributed by atoms with Gasteiger partial charge < -0.3 is 10.1 Å². The van der Waals surface area contributed by atoms with E-state index in [1.165, 1.54) is 7.05 Å². The lowest BCUT2D eigenvalue weighted by atomic mass is 10.1. The molecule has 0 bridgehead atoms. The van der Waals surface area contributed by atoms with E-state index < -0.39 is 17.7 Å². The summed E-state index contributed by atoms with van der Waals surface area (Å²) in [5.41, 5.74) is 0.0255. The van der Waals surface area contributed by atoms with Crippen molar-refractivity contribution >= 4 is 6.29 Å². The number of aldehydes is 1. The lowest BCUT2D eigenvalue weighted by molar-refractivity contribution is -0.109. The molecular weight excluding hydrogens is 176 g/mol. The van der Waals surface area contributed by atoms with Gasteiger partial charge in [0.05, 0.1) is 6.04 Å². The second-order valence-corrected chi connectivity index (χ2v) is 2.57. The van der Waals surface area contributed by atoms with Crippen molar-refractivity contribution in [3.8, 4) is 0 Å². The minimum absolute atomic E-state index is 0.0255. The molecule has 0 heterocycles. The summed E-state index contributed by atoms with van der Waals surface area (Å²) in [6, 6.07) is 2.22. The van der Waals surface area contributed by atoms with Gasteiger partial charge in [0.25, 0.3) is 0 Å². The number of halogens is 2. The Kier molecular flexibility index (Phi) is 3.08. The van der Waals surface area contributed by atoms with Crippen LogP contribution in [0.2, 0.25) is 0 Å². The van der Waals surface area contributed by atoms with E-state index >= 15 is 0 Å². The Bertz CT molecular complexity index is 314. The highest BCUT2D eigenvalue weighted by Gasteiger charge is 2.13. The van der Waals surface area contributed by atoms with Crippen LogP contribution in [-0.2, 0) is 4.79 Å². The molecule has 0 aromatic heterocycles. The average molecular weight is 185 g/mol. The third kappa shape index (κ3) is 2.09. The molecule has 1 rings (SSSR count). The Morgan fingerprint density at radius 2 is 2.15 bits per heavy atom. The molecule has 0 fully saturated rings. The highest BCUT2D eigenvalue weighted by molar-refractivity contribution is 5.61. The standard InChI is InChI=1S/C9H9F2NO/c1-12-9(5-13)7-4-6(10)2-3-8(7)11/h2-5,9,12H,1H3. The smallest absolute Gasteiger partial charge is 0.141 e. The Morgan fingerprint density at radius 3 is 2.69 bits per heavy atom. The fraction of sp³-hybridized carbons (Fsp3) is 0.222. The molecule has 1 atom stereocenters. The third-order valence-corrected chi connectivity index (χ3v) is 1.74. The molecule has 1 unspecified atom stereocenters. The van der Waals surface area contributed by atoms with Gasteiger partial charge in [-0.25, -0.2) is 8.78 Å². The monoisotopic (exact) mass is 185 g/mol. The number of rotatable bonds is 3. The first kappa shape index (κ1) is 9.80. The Morgan fingerprint density at radius 1 is 1.46 bits per heavy atom. The summed E-state index contributed by atoms with van der Waals surface area (Å²) in [5, 5.41) is 2.56. The number of hydrogen-bond acceptors (Lipinski definition) is 2. The molecule has 0 radical (unpaired) electrons. The van der Waals surface area contributed by atoms with Crippen LogP contribution in [-0.4, -0.2) is 13.3 Å². The van der Waals surface area contributed by atoms with Gasteiger partial charge in [0, 0.05) is 5.56 Å². The number of nitrogens with one attached hydrogen (secondary N) is 1. The zero-order chi connectivity index (χ0) is 9.84. The predicted octanol–water partition coefficient (Wildman–Crippen LogP) is 1.42. The first-order valence-corrected chi connectivity index (χ1v) is 3.76. The summed E-state index contributed by atoms with van der Waals surface area (Å²) in [6.45, 7) is 0. The van der Waals surface area contributed by atoms with Crippen LogP contribution in [0, 0.1) is 11.6 Å². The molecule has 0 amide bonds. The van der Waals surface area contributed by atoms with Crippen molar-refractivity contribution in [3.63, 3.8) is 0 Å². The van der Waals surface area contributed by atoms with E-state index in [0.717, 1.165) is 18.2 Å². The van der Waals surface area contributed by atoms with Crippen LogP contribution >= 0.6 is 0 Å². The summed E-state index contributed by atoms with van der Waals surface area (Å²) in [6.07, 6.45) is 0.526. The lowest BCUT2D eigenvalue weighted by Gasteiger charge is -2.09. The Labute approximate surface area is 74.6 Å². The molecular formula is C9H9F2NO. The second kappa shape index (κ2) is 4.09. The molecule has 1 aromatic rings. The SMILES string of the molecule is CNC(C=O)c1cc(F)ccc1F. The average Bonchev–Trinajstić information content (AvgIpc) is 2.13. The van der Waals surface area contributed by atoms with Crippen LogP contribution < -0.4 is 5.32 Å². The minimum atomic E-state index is -0.796. The molecule has 0 spiro atoms. The first-order chi connectivity index (χ1) is 6.19. The van der Waals surface area contributed by atoms with Crippen molar-refractivity contribution < 1.29 is 13.6 Å². The minimum Gasteiger partial charge on any atom is -0.307 e. The highest BCUT2D eigenvalue weighted by Crippen LogP contribution is 2.16. The molecule has 0 saturated heterocycles. The van der Waals surface area contributed by atoms with Crippen LogP contribution in [0.25, 0.3) is 0 Å². The molecule has 2 nitrogen and oxygen atoms in total. The fourth-order valence-corrected chi connectivity index (χ4v) is 1.05. The van der Waals surface area contributed by atoms with Crippen molar-refractivity contribution in [1.29, 1.82) is 0 Å². The Balaban J connectivity index is 3.10. The van der Waals surface area contributed by atoms with Crippen LogP contribution in [0.4, 0.5) is 8.78 Å². The summed E-state index contributed by atoms with van der Waals surface area (Å²) in [4.78, 5) is 10.4. The van der Waals surface area contributed by atoms with Crippen molar-refractivity contribution in [2.45, 2.75) is 6.04 Å². The third-order valence-electron chi connectivity index (χ3n) is 1.74. The zero-order valence-corrected chi connectivity index (χ0v) is 7.05. The van der Waals surface area contributed by atoms with Crippen LogP contribution in [0.3, 0.4) is 0 Å². The Hall–Kier alpha value is -1.29. The predicted molar refractivity (Wildman–Crippen MR) is 44.2 cm³/mol. The molecule has 0 aliphatic heterocycles. The van der Waals surface area contributed by atoms with E-state index in [2.05, 4.69) is 5.32 Å². The summed E-state index contributed by atoms with van der Waals surface area (Å²) in [5.74, 6) is -1.15. The van der Waals surface area contributed by atoms with Crippen molar-refractivity contribution in [1.82, 2.24) is 5.32 Å². The largest absolute Gasteiger partial charge is 0.307 e.